The van der Waals surface area contributed by atoms with Crippen LogP contribution in [0, 0.1) is 6.92 Å². The average Bonchev–Trinajstić information content (AvgIpc) is 2.24. The molecular formula is C14H21NO. The summed E-state index contributed by atoms with van der Waals surface area (Å²) in [5, 5.41) is 0. The van der Waals surface area contributed by atoms with Gasteiger partial charge in [-0.15, -0.1) is 0 Å². The highest BCUT2D eigenvalue weighted by atomic mass is 16.5. The molecule has 88 valence electrons. The standard InChI is InChI=1S/C14H21NO/c1-11(2)13-7-6-12(3)10-14(13)16-9-5-4-8-15/h4-7,10-11H,8-9,15H2,1-3H3. The van der Waals surface area contributed by atoms with Crippen LogP contribution in [-0.4, -0.2) is 13.2 Å². The van der Waals surface area contributed by atoms with Gasteiger partial charge in [0.1, 0.15) is 12.4 Å². The third-order valence-electron chi connectivity index (χ3n) is 2.43. The smallest absolute Gasteiger partial charge is 0.123 e. The van der Waals surface area contributed by atoms with E-state index in [1.165, 1.54) is 11.1 Å². The largest absolute Gasteiger partial charge is 0.489 e. The van der Waals surface area contributed by atoms with Gasteiger partial charge in [0.15, 0.2) is 0 Å². The summed E-state index contributed by atoms with van der Waals surface area (Å²) >= 11 is 0. The Morgan fingerprint density at radius 1 is 1.31 bits per heavy atom. The minimum Gasteiger partial charge on any atom is -0.489 e. The van der Waals surface area contributed by atoms with E-state index in [0.29, 0.717) is 19.1 Å². The Hall–Kier alpha value is -1.28. The first-order valence-corrected chi connectivity index (χ1v) is 5.73. The van der Waals surface area contributed by atoms with Crippen molar-refractivity contribution < 1.29 is 4.74 Å². The zero-order valence-electron chi connectivity index (χ0n) is 10.4. The number of rotatable bonds is 5. The van der Waals surface area contributed by atoms with E-state index in [0.717, 1.165) is 5.75 Å². The summed E-state index contributed by atoms with van der Waals surface area (Å²) < 4.78 is 5.74. The number of hydrogen-bond acceptors (Lipinski definition) is 2. The fourth-order valence-electron chi connectivity index (χ4n) is 1.55. The van der Waals surface area contributed by atoms with Gasteiger partial charge in [-0.05, 0) is 30.0 Å². The lowest BCUT2D eigenvalue weighted by Gasteiger charge is -2.13. The molecular weight excluding hydrogens is 198 g/mol. The lowest BCUT2D eigenvalue weighted by atomic mass is 10.0. The summed E-state index contributed by atoms with van der Waals surface area (Å²) in [5.74, 6) is 1.46. The van der Waals surface area contributed by atoms with Gasteiger partial charge in [0.05, 0.1) is 0 Å². The van der Waals surface area contributed by atoms with Crippen LogP contribution >= 0.6 is 0 Å². The van der Waals surface area contributed by atoms with E-state index in [-0.39, 0.29) is 0 Å². The van der Waals surface area contributed by atoms with E-state index in [9.17, 15) is 0 Å². The van der Waals surface area contributed by atoms with Crippen LogP contribution in [0.15, 0.2) is 30.4 Å². The van der Waals surface area contributed by atoms with Crippen molar-refractivity contribution in [2.45, 2.75) is 26.7 Å². The second kappa shape index (κ2) is 6.33. The molecule has 0 unspecified atom stereocenters. The van der Waals surface area contributed by atoms with Gasteiger partial charge >= 0.3 is 0 Å². The van der Waals surface area contributed by atoms with Crippen LogP contribution in [0.2, 0.25) is 0 Å². The van der Waals surface area contributed by atoms with Crippen molar-refractivity contribution in [3.63, 3.8) is 0 Å². The molecule has 0 spiro atoms. The van der Waals surface area contributed by atoms with Crippen LogP contribution in [0.4, 0.5) is 0 Å². The van der Waals surface area contributed by atoms with Crippen molar-refractivity contribution in [3.8, 4) is 5.75 Å². The first-order valence-electron chi connectivity index (χ1n) is 5.73. The molecule has 0 aromatic heterocycles. The second-order valence-electron chi connectivity index (χ2n) is 4.21. The Labute approximate surface area is 98.1 Å². The highest BCUT2D eigenvalue weighted by Gasteiger charge is 2.07. The molecule has 2 N–H and O–H groups in total. The molecule has 0 heterocycles. The van der Waals surface area contributed by atoms with Gasteiger partial charge in [0, 0.05) is 6.54 Å². The van der Waals surface area contributed by atoms with Crippen molar-refractivity contribution in [2.24, 2.45) is 5.73 Å². The van der Waals surface area contributed by atoms with Crippen LogP contribution in [0.1, 0.15) is 30.9 Å². The molecule has 0 aliphatic carbocycles. The van der Waals surface area contributed by atoms with Gasteiger partial charge in [0.25, 0.3) is 0 Å². The van der Waals surface area contributed by atoms with Crippen molar-refractivity contribution >= 4 is 0 Å². The van der Waals surface area contributed by atoms with Crippen LogP contribution in [0.25, 0.3) is 0 Å². The highest BCUT2D eigenvalue weighted by molar-refractivity contribution is 5.39. The topological polar surface area (TPSA) is 35.2 Å². The lowest BCUT2D eigenvalue weighted by molar-refractivity contribution is 0.356. The molecule has 0 radical (unpaired) electrons. The van der Waals surface area contributed by atoms with E-state index in [1.54, 1.807) is 0 Å². The number of nitrogens with two attached hydrogens (primary N) is 1. The summed E-state index contributed by atoms with van der Waals surface area (Å²) in [5.41, 5.74) is 7.85. The van der Waals surface area contributed by atoms with Crippen molar-refractivity contribution in [1.82, 2.24) is 0 Å². The van der Waals surface area contributed by atoms with Gasteiger partial charge in [-0.1, -0.05) is 38.1 Å². The van der Waals surface area contributed by atoms with Crippen molar-refractivity contribution in [2.75, 3.05) is 13.2 Å². The number of ether oxygens (including phenoxy) is 1. The van der Waals surface area contributed by atoms with Crippen LogP contribution in [-0.2, 0) is 0 Å². The summed E-state index contributed by atoms with van der Waals surface area (Å²) in [6.07, 6.45) is 3.86. The minimum absolute atomic E-state index is 0.481. The molecule has 0 atom stereocenters. The fraction of sp³-hybridized carbons (Fsp3) is 0.429. The maximum absolute atomic E-state index is 5.74. The molecule has 0 aliphatic heterocycles. The monoisotopic (exact) mass is 219 g/mol. The summed E-state index contributed by atoms with van der Waals surface area (Å²) in [6.45, 7) is 7.57. The molecule has 1 rings (SSSR count). The maximum atomic E-state index is 5.74. The molecule has 16 heavy (non-hydrogen) atoms. The van der Waals surface area contributed by atoms with Gasteiger partial charge < -0.3 is 10.5 Å². The minimum atomic E-state index is 0.481. The van der Waals surface area contributed by atoms with E-state index in [2.05, 4.69) is 39.0 Å². The van der Waals surface area contributed by atoms with E-state index in [4.69, 9.17) is 10.5 Å². The molecule has 1 aromatic carbocycles. The molecule has 0 amide bonds. The van der Waals surface area contributed by atoms with Crippen LogP contribution < -0.4 is 10.5 Å². The molecule has 1 aromatic rings. The maximum Gasteiger partial charge on any atom is 0.123 e. The second-order valence-corrected chi connectivity index (χ2v) is 4.21. The van der Waals surface area contributed by atoms with Gasteiger partial charge in [-0.3, -0.25) is 0 Å². The van der Waals surface area contributed by atoms with Gasteiger partial charge in [-0.25, -0.2) is 0 Å². The van der Waals surface area contributed by atoms with Crippen LogP contribution in [0.5, 0.6) is 5.75 Å². The first kappa shape index (κ1) is 12.8. The Kier molecular flexibility index (Phi) is 5.06. The highest BCUT2D eigenvalue weighted by Crippen LogP contribution is 2.27. The molecule has 0 saturated heterocycles. The molecule has 0 aliphatic rings. The predicted octanol–water partition coefficient (Wildman–Crippen LogP) is 3.01. The number of hydrogen-bond donors (Lipinski definition) is 1. The molecule has 2 heteroatoms. The van der Waals surface area contributed by atoms with Crippen molar-refractivity contribution in [1.29, 1.82) is 0 Å². The SMILES string of the molecule is Cc1ccc(C(C)C)c(OCC=CCN)c1. The molecule has 0 bridgehead atoms. The number of benzene rings is 1. The third-order valence-corrected chi connectivity index (χ3v) is 2.43. The Morgan fingerprint density at radius 3 is 2.69 bits per heavy atom. The molecule has 0 saturated carbocycles. The normalized spacial score (nSPS) is 11.3. The number of aryl methyl sites for hydroxylation is 1. The van der Waals surface area contributed by atoms with Crippen LogP contribution in [0.3, 0.4) is 0 Å². The van der Waals surface area contributed by atoms with E-state index < -0.39 is 0 Å². The van der Waals surface area contributed by atoms with Gasteiger partial charge in [0.2, 0.25) is 0 Å². The predicted molar refractivity (Wildman–Crippen MR) is 69.0 cm³/mol. The van der Waals surface area contributed by atoms with E-state index in [1.807, 2.05) is 12.2 Å². The zero-order chi connectivity index (χ0) is 12.0. The Bertz CT molecular complexity index is 356. The van der Waals surface area contributed by atoms with Crippen molar-refractivity contribution in [3.05, 3.63) is 41.5 Å². The lowest BCUT2D eigenvalue weighted by Crippen LogP contribution is -2.01. The van der Waals surface area contributed by atoms with Gasteiger partial charge in [-0.2, -0.15) is 0 Å². The Morgan fingerprint density at radius 2 is 2.06 bits per heavy atom. The first-order chi connectivity index (χ1) is 7.65. The quantitative estimate of drug-likeness (QED) is 0.773. The summed E-state index contributed by atoms with van der Waals surface area (Å²) in [6, 6.07) is 6.35. The summed E-state index contributed by atoms with van der Waals surface area (Å²) in [7, 11) is 0. The molecule has 2 nitrogen and oxygen atoms in total. The Balaban J connectivity index is 2.76. The van der Waals surface area contributed by atoms with E-state index >= 15 is 0 Å². The summed E-state index contributed by atoms with van der Waals surface area (Å²) in [4.78, 5) is 0. The third kappa shape index (κ3) is 3.70. The zero-order valence-corrected chi connectivity index (χ0v) is 10.4. The fourth-order valence-corrected chi connectivity index (χ4v) is 1.55. The average molecular weight is 219 g/mol. The molecule has 0 fully saturated rings.